The van der Waals surface area contributed by atoms with E-state index in [-0.39, 0.29) is 35.4 Å². The van der Waals surface area contributed by atoms with Gasteiger partial charge in [-0.05, 0) is 52.7 Å². The molecule has 0 saturated carbocycles. The number of aryl methyl sites for hydroxylation is 1. The standard InChI is InChI=1S/C18H16BrN5O4/c1-9-15(16(17(20)26)24-23-9)22-14(25)8-10-2-4-11(5-3-10)21-18(27)12-6-7-13(19)28-12/h2-7H,8H2,1H3,(H2,20,26)(H,21,27)(H,22,25)(H,23,24). The maximum atomic E-state index is 12.3. The van der Waals surface area contributed by atoms with Gasteiger partial charge in [-0.2, -0.15) is 5.10 Å². The van der Waals surface area contributed by atoms with E-state index in [9.17, 15) is 14.4 Å². The van der Waals surface area contributed by atoms with Gasteiger partial charge in [0, 0.05) is 5.69 Å². The van der Waals surface area contributed by atoms with Gasteiger partial charge in [0.05, 0.1) is 17.8 Å². The van der Waals surface area contributed by atoms with E-state index in [1.165, 1.54) is 0 Å². The molecule has 0 aliphatic carbocycles. The molecule has 0 aliphatic rings. The summed E-state index contributed by atoms with van der Waals surface area (Å²) in [5.74, 6) is -1.27. The summed E-state index contributed by atoms with van der Waals surface area (Å²) in [6.45, 7) is 1.67. The number of furan rings is 1. The number of H-pyrrole nitrogens is 1. The van der Waals surface area contributed by atoms with Crippen molar-refractivity contribution in [1.29, 1.82) is 0 Å². The fourth-order valence-electron chi connectivity index (χ4n) is 2.46. The van der Waals surface area contributed by atoms with Crippen molar-refractivity contribution in [3.8, 4) is 0 Å². The van der Waals surface area contributed by atoms with E-state index >= 15 is 0 Å². The van der Waals surface area contributed by atoms with Crippen molar-refractivity contribution in [2.24, 2.45) is 5.73 Å². The second-order valence-corrected chi connectivity index (χ2v) is 6.70. The molecule has 144 valence electrons. The molecule has 0 spiro atoms. The second kappa shape index (κ2) is 8.09. The molecule has 0 radical (unpaired) electrons. The molecule has 3 amide bonds. The number of nitrogens with zero attached hydrogens (tertiary/aromatic N) is 1. The molecular formula is C18H16BrN5O4. The van der Waals surface area contributed by atoms with Gasteiger partial charge in [-0.25, -0.2) is 0 Å². The molecule has 0 atom stereocenters. The fourth-order valence-corrected chi connectivity index (χ4v) is 2.77. The van der Waals surface area contributed by atoms with Crippen LogP contribution in [-0.4, -0.2) is 27.9 Å². The summed E-state index contributed by atoms with van der Waals surface area (Å²) in [5.41, 5.74) is 7.30. The summed E-state index contributed by atoms with van der Waals surface area (Å²) in [4.78, 5) is 35.7. The number of carbonyl (C=O) groups excluding carboxylic acids is 3. The molecule has 3 rings (SSSR count). The zero-order valence-electron chi connectivity index (χ0n) is 14.7. The number of nitrogens with two attached hydrogens (primary N) is 1. The van der Waals surface area contributed by atoms with E-state index in [4.69, 9.17) is 10.2 Å². The van der Waals surface area contributed by atoms with Crippen molar-refractivity contribution in [2.75, 3.05) is 10.6 Å². The molecule has 0 aliphatic heterocycles. The van der Waals surface area contributed by atoms with Crippen molar-refractivity contribution in [2.45, 2.75) is 13.3 Å². The van der Waals surface area contributed by atoms with Crippen LogP contribution >= 0.6 is 15.9 Å². The van der Waals surface area contributed by atoms with Gasteiger partial charge in [0.1, 0.15) is 0 Å². The lowest BCUT2D eigenvalue weighted by Gasteiger charge is -2.07. The SMILES string of the molecule is Cc1[nH]nc(C(N)=O)c1NC(=O)Cc1ccc(NC(=O)c2ccc(Br)o2)cc1. The number of halogens is 1. The Bertz CT molecular complexity index is 1040. The number of rotatable bonds is 6. The van der Waals surface area contributed by atoms with E-state index < -0.39 is 5.91 Å². The number of hydrogen-bond acceptors (Lipinski definition) is 5. The van der Waals surface area contributed by atoms with Gasteiger partial charge in [-0.1, -0.05) is 12.1 Å². The van der Waals surface area contributed by atoms with Crippen molar-refractivity contribution in [3.63, 3.8) is 0 Å². The van der Waals surface area contributed by atoms with Crippen LogP contribution in [0.2, 0.25) is 0 Å². The van der Waals surface area contributed by atoms with Gasteiger partial charge in [0.15, 0.2) is 16.1 Å². The number of aromatic nitrogens is 2. The van der Waals surface area contributed by atoms with Crippen LogP contribution < -0.4 is 16.4 Å². The summed E-state index contributed by atoms with van der Waals surface area (Å²) in [6, 6.07) is 9.96. The first kappa shape index (κ1) is 19.4. The van der Waals surface area contributed by atoms with Crippen LogP contribution in [0.5, 0.6) is 0 Å². The minimum Gasteiger partial charge on any atom is -0.444 e. The maximum Gasteiger partial charge on any atom is 0.291 e. The lowest BCUT2D eigenvalue weighted by molar-refractivity contribution is -0.115. The smallest absolute Gasteiger partial charge is 0.291 e. The van der Waals surface area contributed by atoms with Crippen LogP contribution in [0.15, 0.2) is 45.5 Å². The molecular weight excluding hydrogens is 430 g/mol. The molecule has 3 aromatic rings. The third-order valence-corrected chi connectivity index (χ3v) is 4.24. The first-order valence-electron chi connectivity index (χ1n) is 8.13. The average Bonchev–Trinajstić information content (AvgIpc) is 3.23. The van der Waals surface area contributed by atoms with Crippen molar-refractivity contribution < 1.29 is 18.8 Å². The summed E-state index contributed by atoms with van der Waals surface area (Å²) in [7, 11) is 0. The van der Waals surface area contributed by atoms with E-state index in [2.05, 4.69) is 36.8 Å². The molecule has 0 unspecified atom stereocenters. The molecule has 2 aromatic heterocycles. The van der Waals surface area contributed by atoms with Crippen LogP contribution in [0.3, 0.4) is 0 Å². The highest BCUT2D eigenvalue weighted by Gasteiger charge is 2.17. The average molecular weight is 446 g/mol. The van der Waals surface area contributed by atoms with Gasteiger partial charge < -0.3 is 20.8 Å². The van der Waals surface area contributed by atoms with Crippen molar-refractivity contribution in [3.05, 3.63) is 63.8 Å². The molecule has 28 heavy (non-hydrogen) atoms. The lowest BCUT2D eigenvalue weighted by atomic mass is 10.1. The van der Waals surface area contributed by atoms with Gasteiger partial charge in [0.2, 0.25) is 5.91 Å². The van der Waals surface area contributed by atoms with Gasteiger partial charge in [-0.15, -0.1) is 0 Å². The third-order valence-electron chi connectivity index (χ3n) is 3.82. The molecule has 5 N–H and O–H groups in total. The highest BCUT2D eigenvalue weighted by Crippen LogP contribution is 2.19. The number of nitrogens with one attached hydrogen (secondary N) is 3. The normalized spacial score (nSPS) is 10.5. The summed E-state index contributed by atoms with van der Waals surface area (Å²) in [5, 5.41) is 11.7. The number of primary amides is 1. The van der Waals surface area contributed by atoms with Gasteiger partial charge >= 0.3 is 0 Å². The second-order valence-electron chi connectivity index (χ2n) is 5.92. The molecule has 0 saturated heterocycles. The van der Waals surface area contributed by atoms with Crippen LogP contribution in [-0.2, 0) is 11.2 Å². The zero-order valence-corrected chi connectivity index (χ0v) is 16.3. The van der Waals surface area contributed by atoms with Crippen LogP contribution in [0, 0.1) is 6.92 Å². The van der Waals surface area contributed by atoms with E-state index in [0.717, 1.165) is 5.56 Å². The maximum absolute atomic E-state index is 12.3. The monoisotopic (exact) mass is 445 g/mol. The van der Waals surface area contributed by atoms with Crippen LogP contribution in [0.1, 0.15) is 32.3 Å². The molecule has 2 heterocycles. The quantitative estimate of drug-likeness (QED) is 0.460. The third kappa shape index (κ3) is 4.46. The Balaban J connectivity index is 1.61. The van der Waals surface area contributed by atoms with E-state index in [0.29, 0.717) is 16.1 Å². The van der Waals surface area contributed by atoms with E-state index in [1.807, 2.05) is 0 Å². The van der Waals surface area contributed by atoms with E-state index in [1.54, 1.807) is 43.3 Å². The Hall–Kier alpha value is -3.40. The fraction of sp³-hybridized carbons (Fsp3) is 0.111. The van der Waals surface area contributed by atoms with Gasteiger partial charge in [-0.3, -0.25) is 19.5 Å². The number of hydrogen-bond donors (Lipinski definition) is 4. The predicted octanol–water partition coefficient (Wildman–Crippen LogP) is 2.61. The Kier molecular flexibility index (Phi) is 5.59. The topological polar surface area (TPSA) is 143 Å². The number of carbonyl (C=O) groups is 3. The van der Waals surface area contributed by atoms with Crippen molar-refractivity contribution >= 4 is 45.0 Å². The largest absolute Gasteiger partial charge is 0.444 e. The molecule has 9 nitrogen and oxygen atoms in total. The Morgan fingerprint density at radius 3 is 2.46 bits per heavy atom. The highest BCUT2D eigenvalue weighted by atomic mass is 79.9. The number of aromatic amines is 1. The number of amides is 3. The zero-order chi connectivity index (χ0) is 20.3. The highest BCUT2D eigenvalue weighted by molar-refractivity contribution is 9.10. The molecule has 0 fully saturated rings. The first-order valence-corrected chi connectivity index (χ1v) is 8.93. The minimum atomic E-state index is -0.733. The molecule has 1 aromatic carbocycles. The Morgan fingerprint density at radius 2 is 1.86 bits per heavy atom. The summed E-state index contributed by atoms with van der Waals surface area (Å²) < 4.78 is 5.66. The minimum absolute atomic E-state index is 0.0199. The van der Waals surface area contributed by atoms with Crippen LogP contribution in [0.4, 0.5) is 11.4 Å². The Labute approximate surface area is 167 Å². The number of anilines is 2. The van der Waals surface area contributed by atoms with Crippen LogP contribution in [0.25, 0.3) is 0 Å². The molecule has 10 heteroatoms. The number of benzene rings is 1. The predicted molar refractivity (Wildman–Crippen MR) is 105 cm³/mol. The lowest BCUT2D eigenvalue weighted by Crippen LogP contribution is -2.19. The molecule has 0 bridgehead atoms. The summed E-state index contributed by atoms with van der Waals surface area (Å²) in [6.07, 6.45) is 0.0716. The first-order chi connectivity index (χ1) is 13.3. The summed E-state index contributed by atoms with van der Waals surface area (Å²) >= 11 is 3.14. The van der Waals surface area contributed by atoms with Crippen molar-refractivity contribution in [1.82, 2.24) is 10.2 Å². The van der Waals surface area contributed by atoms with Gasteiger partial charge in [0.25, 0.3) is 11.8 Å². The Morgan fingerprint density at radius 1 is 1.14 bits per heavy atom.